The molecule has 0 amide bonds. The van der Waals surface area contributed by atoms with Crippen molar-refractivity contribution in [1.82, 2.24) is 4.90 Å². The summed E-state index contributed by atoms with van der Waals surface area (Å²) in [7, 11) is 0. The van der Waals surface area contributed by atoms with Crippen LogP contribution in [-0.4, -0.2) is 41.1 Å². The van der Waals surface area contributed by atoms with Gasteiger partial charge in [0.05, 0.1) is 6.21 Å². The van der Waals surface area contributed by atoms with Gasteiger partial charge in [-0.05, 0) is 19.1 Å². The molecule has 0 bridgehead atoms. The Morgan fingerprint density at radius 3 is 3.00 bits per heavy atom. The molecular formula is C12H18N4O. The fraction of sp³-hybridized carbons (Fsp3) is 0.667. The fourth-order valence-corrected chi connectivity index (χ4v) is 2.61. The number of ketones is 1. The standard InChI is InChI=1S/C12H18N4O/c1-4-5-16-9(2)6-10(17)7-11(16)12(3)8-13-15-14-12/h4,8-9,11H,1,5-7H2,2-3H3/t9-,11-,12+/m0/s1. The highest BCUT2D eigenvalue weighted by Gasteiger charge is 2.44. The fourth-order valence-electron chi connectivity index (χ4n) is 2.61. The van der Waals surface area contributed by atoms with Gasteiger partial charge in [-0.2, -0.15) is 5.11 Å². The maximum Gasteiger partial charge on any atom is 0.136 e. The third-order valence-corrected chi connectivity index (χ3v) is 3.56. The summed E-state index contributed by atoms with van der Waals surface area (Å²) in [5.41, 5.74) is -0.479. The highest BCUT2D eigenvalue weighted by atomic mass is 16.1. The van der Waals surface area contributed by atoms with E-state index in [2.05, 4.69) is 33.8 Å². The Labute approximate surface area is 101 Å². The van der Waals surface area contributed by atoms with Crippen molar-refractivity contribution in [3.05, 3.63) is 12.7 Å². The number of rotatable bonds is 3. The van der Waals surface area contributed by atoms with Crippen LogP contribution < -0.4 is 0 Å². The lowest BCUT2D eigenvalue weighted by Crippen LogP contribution is -2.57. The Morgan fingerprint density at radius 1 is 1.65 bits per heavy atom. The van der Waals surface area contributed by atoms with Crippen LogP contribution in [0.5, 0.6) is 0 Å². The normalized spacial score (nSPS) is 37.6. The lowest BCUT2D eigenvalue weighted by molar-refractivity contribution is -0.125. The van der Waals surface area contributed by atoms with Gasteiger partial charge in [-0.1, -0.05) is 6.08 Å². The first-order chi connectivity index (χ1) is 8.07. The Morgan fingerprint density at radius 2 is 2.41 bits per heavy atom. The summed E-state index contributed by atoms with van der Waals surface area (Å²) in [5.74, 6) is 0.291. The van der Waals surface area contributed by atoms with E-state index in [9.17, 15) is 4.79 Å². The quantitative estimate of drug-likeness (QED) is 0.699. The van der Waals surface area contributed by atoms with Crippen molar-refractivity contribution in [2.75, 3.05) is 6.54 Å². The molecule has 92 valence electrons. The first kappa shape index (κ1) is 12.1. The Balaban J connectivity index is 2.27. The van der Waals surface area contributed by atoms with E-state index in [1.165, 1.54) is 0 Å². The van der Waals surface area contributed by atoms with Gasteiger partial charge in [-0.15, -0.1) is 11.7 Å². The Kier molecular flexibility index (Phi) is 3.19. The molecular weight excluding hydrogens is 216 g/mol. The SMILES string of the molecule is C=CCN1[C@H]([C@@]2(C)C=NN=N2)CC(=O)C[C@@H]1C. The summed E-state index contributed by atoms with van der Waals surface area (Å²) in [6.45, 7) is 8.58. The molecule has 2 aliphatic rings. The number of carbonyl (C=O) groups excluding carboxylic acids is 1. The zero-order chi connectivity index (χ0) is 12.5. The molecule has 5 heteroatoms. The number of carbonyl (C=O) groups is 1. The van der Waals surface area contributed by atoms with E-state index in [-0.39, 0.29) is 12.1 Å². The molecule has 0 aromatic heterocycles. The lowest BCUT2D eigenvalue weighted by Gasteiger charge is -2.43. The second-order valence-corrected chi connectivity index (χ2v) is 4.96. The zero-order valence-corrected chi connectivity index (χ0v) is 10.3. The molecule has 0 aliphatic carbocycles. The second-order valence-electron chi connectivity index (χ2n) is 4.96. The summed E-state index contributed by atoms with van der Waals surface area (Å²) in [6, 6.07) is 0.257. The van der Waals surface area contributed by atoms with Crippen molar-refractivity contribution in [1.29, 1.82) is 0 Å². The molecule has 1 saturated heterocycles. The van der Waals surface area contributed by atoms with Gasteiger partial charge >= 0.3 is 0 Å². The maximum absolute atomic E-state index is 11.8. The van der Waals surface area contributed by atoms with E-state index >= 15 is 0 Å². The molecule has 1 fully saturated rings. The molecule has 2 rings (SSSR count). The van der Waals surface area contributed by atoms with Crippen LogP contribution in [0.25, 0.3) is 0 Å². The summed E-state index contributed by atoms with van der Waals surface area (Å²) in [4.78, 5) is 14.0. The van der Waals surface area contributed by atoms with Crippen LogP contribution in [0, 0.1) is 0 Å². The molecule has 0 spiro atoms. The van der Waals surface area contributed by atoms with Gasteiger partial charge in [0.25, 0.3) is 0 Å². The predicted molar refractivity (Wildman–Crippen MR) is 66.1 cm³/mol. The molecule has 0 aromatic rings. The Hall–Kier alpha value is -1.36. The molecule has 0 saturated carbocycles. The summed E-state index contributed by atoms with van der Waals surface area (Å²) < 4.78 is 0. The van der Waals surface area contributed by atoms with Crippen molar-refractivity contribution < 1.29 is 4.79 Å². The molecule has 3 atom stereocenters. The Bertz CT molecular complexity index is 376. The minimum atomic E-state index is -0.479. The van der Waals surface area contributed by atoms with Crippen LogP contribution in [0.3, 0.4) is 0 Å². The minimum Gasteiger partial charge on any atom is -0.300 e. The molecule has 5 nitrogen and oxygen atoms in total. The highest BCUT2D eigenvalue weighted by Crippen LogP contribution is 2.31. The topological polar surface area (TPSA) is 57.4 Å². The largest absolute Gasteiger partial charge is 0.300 e. The van der Waals surface area contributed by atoms with Crippen LogP contribution in [-0.2, 0) is 4.79 Å². The molecule has 0 radical (unpaired) electrons. The average Bonchev–Trinajstić information content (AvgIpc) is 2.70. The van der Waals surface area contributed by atoms with E-state index in [4.69, 9.17) is 0 Å². The number of piperidine rings is 1. The molecule has 0 aromatic carbocycles. The molecule has 2 heterocycles. The molecule has 17 heavy (non-hydrogen) atoms. The van der Waals surface area contributed by atoms with Crippen LogP contribution in [0.1, 0.15) is 26.7 Å². The monoisotopic (exact) mass is 234 g/mol. The van der Waals surface area contributed by atoms with Crippen LogP contribution in [0.2, 0.25) is 0 Å². The van der Waals surface area contributed by atoms with E-state index in [0.717, 1.165) is 6.54 Å². The van der Waals surface area contributed by atoms with Crippen LogP contribution in [0.15, 0.2) is 28.1 Å². The smallest absolute Gasteiger partial charge is 0.136 e. The molecule has 0 unspecified atom stereocenters. The van der Waals surface area contributed by atoms with Crippen LogP contribution >= 0.6 is 0 Å². The highest BCUT2D eigenvalue weighted by molar-refractivity contribution is 5.83. The number of Topliss-reactive ketones (excluding diaryl/α,β-unsaturated/α-hetero) is 1. The average molecular weight is 234 g/mol. The molecule has 2 aliphatic heterocycles. The predicted octanol–water partition coefficient (Wildman–Crippen LogP) is 1.80. The third kappa shape index (κ3) is 2.20. The number of likely N-dealkylation sites (tertiary alicyclic amines) is 1. The number of hydrogen-bond acceptors (Lipinski definition) is 5. The van der Waals surface area contributed by atoms with E-state index < -0.39 is 5.54 Å². The maximum atomic E-state index is 11.8. The van der Waals surface area contributed by atoms with Gasteiger partial charge < -0.3 is 0 Å². The van der Waals surface area contributed by atoms with E-state index in [1.807, 2.05) is 13.0 Å². The summed E-state index contributed by atoms with van der Waals surface area (Å²) in [5, 5.41) is 11.7. The van der Waals surface area contributed by atoms with E-state index in [1.54, 1.807) is 6.21 Å². The van der Waals surface area contributed by atoms with Crippen LogP contribution in [0.4, 0.5) is 0 Å². The van der Waals surface area contributed by atoms with Gasteiger partial charge in [-0.3, -0.25) is 9.69 Å². The van der Waals surface area contributed by atoms with Gasteiger partial charge in [-0.25, -0.2) is 0 Å². The van der Waals surface area contributed by atoms with Crippen molar-refractivity contribution in [2.24, 2.45) is 15.4 Å². The number of hydrogen-bond donors (Lipinski definition) is 0. The van der Waals surface area contributed by atoms with Crippen molar-refractivity contribution in [2.45, 2.75) is 44.3 Å². The summed E-state index contributed by atoms with van der Waals surface area (Å²) in [6.07, 6.45) is 4.72. The first-order valence-electron chi connectivity index (χ1n) is 5.91. The van der Waals surface area contributed by atoms with Crippen molar-refractivity contribution in [3.8, 4) is 0 Å². The van der Waals surface area contributed by atoms with Gasteiger partial charge in [0.15, 0.2) is 0 Å². The minimum absolute atomic E-state index is 0.0340. The van der Waals surface area contributed by atoms with E-state index in [0.29, 0.717) is 18.6 Å². The molecule has 0 N–H and O–H groups in total. The second kappa shape index (κ2) is 4.49. The van der Waals surface area contributed by atoms with Gasteiger partial charge in [0.1, 0.15) is 11.3 Å². The summed E-state index contributed by atoms with van der Waals surface area (Å²) >= 11 is 0. The van der Waals surface area contributed by atoms with Gasteiger partial charge in [0, 0.05) is 31.5 Å². The zero-order valence-electron chi connectivity index (χ0n) is 10.3. The van der Waals surface area contributed by atoms with Crippen molar-refractivity contribution >= 4 is 12.0 Å². The lowest BCUT2D eigenvalue weighted by atomic mass is 9.83. The van der Waals surface area contributed by atoms with Gasteiger partial charge in [0.2, 0.25) is 0 Å². The number of nitrogens with zero attached hydrogens (tertiary/aromatic N) is 4. The van der Waals surface area contributed by atoms with Crippen molar-refractivity contribution in [3.63, 3.8) is 0 Å². The first-order valence-corrected chi connectivity index (χ1v) is 5.91. The third-order valence-electron chi connectivity index (χ3n) is 3.56.